The molecule has 0 aromatic heterocycles. The Kier molecular flexibility index (Phi) is 7.82. The molecule has 1 heterocycles. The Bertz CT molecular complexity index is 447. The maximum absolute atomic E-state index is 6.03. The van der Waals surface area contributed by atoms with Crippen LogP contribution in [0.2, 0.25) is 0 Å². The highest BCUT2D eigenvalue weighted by molar-refractivity contribution is 7.17. The normalized spacial score (nSPS) is 18.1. The van der Waals surface area contributed by atoms with Crippen LogP contribution in [0.5, 0.6) is 5.75 Å². The van der Waals surface area contributed by atoms with E-state index in [2.05, 4.69) is 34.6 Å². The van der Waals surface area contributed by atoms with Crippen molar-refractivity contribution in [3.63, 3.8) is 0 Å². The van der Waals surface area contributed by atoms with Crippen LogP contribution in [0.1, 0.15) is 47.5 Å². The van der Waals surface area contributed by atoms with Crippen LogP contribution in [0, 0.1) is 0 Å². The molecule has 0 bridgehead atoms. The zero-order valence-corrected chi connectivity index (χ0v) is 14.4. The van der Waals surface area contributed by atoms with Crippen molar-refractivity contribution in [2.24, 2.45) is 0 Å². The molecule has 0 amide bonds. The van der Waals surface area contributed by atoms with Gasteiger partial charge in [0.2, 0.25) is 0 Å². The van der Waals surface area contributed by atoms with Gasteiger partial charge in [-0.05, 0) is 59.4 Å². The highest BCUT2D eigenvalue weighted by Gasteiger charge is 2.51. The summed E-state index contributed by atoms with van der Waals surface area (Å²) in [5.41, 5.74) is 0.438. The third-order valence-electron chi connectivity index (χ3n) is 4.17. The van der Waals surface area contributed by atoms with Gasteiger partial charge < -0.3 is 14.0 Å². The van der Waals surface area contributed by atoms with Gasteiger partial charge in [0.05, 0.1) is 17.8 Å². The Balaban J connectivity index is 0.000000816. The van der Waals surface area contributed by atoms with Gasteiger partial charge in [-0.2, -0.15) is 7.06 Å². The first-order valence-corrected chi connectivity index (χ1v) is 7.77. The molecule has 0 spiro atoms. The summed E-state index contributed by atoms with van der Waals surface area (Å²) in [4.78, 5) is 0. The SMILES string of the molecule is CCCCOc1ccc(B2OC(C)(C)C(C)(C)O2)cc1.[B][B][BH3-]. The fourth-order valence-corrected chi connectivity index (χ4v) is 2.03. The minimum atomic E-state index is -0.301. The molecule has 0 unspecified atom stereocenters. The maximum Gasteiger partial charge on any atom is 0.494 e. The average Bonchev–Trinajstić information content (AvgIpc) is 2.69. The van der Waals surface area contributed by atoms with Crippen molar-refractivity contribution >= 4 is 35.1 Å². The Morgan fingerprint density at radius 3 is 2.04 bits per heavy atom. The van der Waals surface area contributed by atoms with Crippen LogP contribution in [0.4, 0.5) is 0 Å². The fraction of sp³-hybridized carbons (Fsp3) is 0.625. The fourth-order valence-electron chi connectivity index (χ4n) is 2.03. The maximum atomic E-state index is 6.03. The van der Waals surface area contributed by atoms with E-state index in [0.29, 0.717) is 7.74 Å². The topological polar surface area (TPSA) is 27.7 Å². The Hall–Kier alpha value is -0.800. The van der Waals surface area contributed by atoms with Crippen LogP contribution in [-0.4, -0.2) is 47.5 Å². The number of rotatable bonds is 5. The Morgan fingerprint density at radius 2 is 1.61 bits per heavy atom. The average molecular weight is 312 g/mol. The van der Waals surface area contributed by atoms with Gasteiger partial charge in [0, 0.05) is 0 Å². The van der Waals surface area contributed by atoms with Crippen molar-refractivity contribution in [2.45, 2.75) is 58.7 Å². The number of unbranched alkanes of at least 4 members (excludes halogenated alkanes) is 1. The van der Waals surface area contributed by atoms with Gasteiger partial charge in [0.1, 0.15) is 5.75 Å². The van der Waals surface area contributed by atoms with Crippen LogP contribution >= 0.6 is 0 Å². The third-order valence-corrected chi connectivity index (χ3v) is 4.17. The van der Waals surface area contributed by atoms with E-state index in [-0.39, 0.29) is 18.3 Å². The Labute approximate surface area is 145 Å². The summed E-state index contributed by atoms with van der Waals surface area (Å²) in [7, 11) is 6.70. The highest BCUT2D eigenvalue weighted by atomic mass is 16.7. The smallest absolute Gasteiger partial charge is 0.494 e. The first-order valence-electron chi connectivity index (χ1n) is 7.77. The van der Waals surface area contributed by atoms with Crippen molar-refractivity contribution in [2.75, 3.05) is 6.61 Å². The third kappa shape index (κ3) is 5.65. The summed E-state index contributed by atoms with van der Waals surface area (Å²) >= 11 is 0. The molecule has 3 nitrogen and oxygen atoms in total. The molecule has 123 valence electrons. The molecule has 0 aliphatic carbocycles. The molecule has 23 heavy (non-hydrogen) atoms. The number of ether oxygens (including phenoxy) is 1. The molecule has 1 aliphatic rings. The van der Waals surface area contributed by atoms with E-state index >= 15 is 0 Å². The van der Waals surface area contributed by atoms with E-state index in [1.165, 1.54) is 0 Å². The number of hydrogen-bond acceptors (Lipinski definition) is 3. The Morgan fingerprint density at radius 1 is 1.13 bits per heavy atom. The van der Waals surface area contributed by atoms with E-state index in [0.717, 1.165) is 30.7 Å². The highest BCUT2D eigenvalue weighted by Crippen LogP contribution is 2.36. The summed E-state index contributed by atoms with van der Waals surface area (Å²) in [6.07, 6.45) is 2.23. The zero-order chi connectivity index (χ0) is 17.5. The largest absolute Gasteiger partial charge is 0.494 e. The first-order chi connectivity index (χ1) is 10.8. The minimum Gasteiger partial charge on any atom is -0.494 e. The molecule has 0 N–H and O–H groups in total. The molecule has 7 heteroatoms. The summed E-state index contributed by atoms with van der Waals surface area (Å²) in [6, 6.07) is 8.00. The summed E-state index contributed by atoms with van der Waals surface area (Å²) < 4.78 is 17.7. The summed E-state index contributed by atoms with van der Waals surface area (Å²) in [5, 5.41) is 0. The van der Waals surface area contributed by atoms with Crippen molar-refractivity contribution in [3.8, 4) is 5.75 Å². The monoisotopic (exact) mass is 312 g/mol. The number of benzene rings is 1. The number of hydrogen-bond donors (Lipinski definition) is 0. The lowest BCUT2D eigenvalue weighted by atomic mass is 9.40. The molecule has 1 aliphatic heterocycles. The second-order valence-electron chi connectivity index (χ2n) is 6.36. The van der Waals surface area contributed by atoms with Gasteiger partial charge in [0.15, 0.2) is 0 Å². The predicted octanol–water partition coefficient (Wildman–Crippen LogP) is 1.22. The van der Waals surface area contributed by atoms with Crippen molar-refractivity contribution < 1.29 is 14.0 Å². The van der Waals surface area contributed by atoms with Crippen LogP contribution in [0.3, 0.4) is 0 Å². The van der Waals surface area contributed by atoms with E-state index in [1.807, 2.05) is 24.3 Å². The molecule has 1 aromatic carbocycles. The lowest BCUT2D eigenvalue weighted by Gasteiger charge is -2.32. The molecule has 3 radical (unpaired) electrons. The molecule has 1 aromatic rings. The van der Waals surface area contributed by atoms with Gasteiger partial charge in [0.25, 0.3) is 0 Å². The quantitative estimate of drug-likeness (QED) is 0.604. The first kappa shape index (κ1) is 20.2. The molecular formula is C16H28B4O3-. The minimum absolute atomic E-state index is 0.298. The standard InChI is InChI=1S/C16H25BO3.B3H3/c1-6-7-12-18-14-10-8-13(9-11-14)17-19-15(2,3)16(4,5)20-17;1-3-2/h8-11H,6-7,12H2,1-5H3;1H3/q;-1. The van der Waals surface area contributed by atoms with E-state index in [1.54, 1.807) is 7.06 Å². The second kappa shape index (κ2) is 8.89. The van der Waals surface area contributed by atoms with Crippen LogP contribution in [-0.2, 0) is 9.31 Å². The van der Waals surface area contributed by atoms with Crippen LogP contribution < -0.4 is 10.2 Å². The van der Waals surface area contributed by atoms with Crippen molar-refractivity contribution in [1.82, 2.24) is 0 Å². The van der Waals surface area contributed by atoms with E-state index in [4.69, 9.17) is 21.8 Å². The molecule has 2 rings (SSSR count). The van der Waals surface area contributed by atoms with Gasteiger partial charge in [-0.15, -0.1) is 0 Å². The van der Waals surface area contributed by atoms with Gasteiger partial charge in [-0.25, -0.2) is 0 Å². The lowest BCUT2D eigenvalue weighted by Crippen LogP contribution is -2.41. The molecule has 1 fully saturated rings. The van der Waals surface area contributed by atoms with Gasteiger partial charge in [-0.3, -0.25) is 0 Å². The summed E-state index contributed by atoms with van der Waals surface area (Å²) in [6.45, 7) is 11.2. The van der Waals surface area contributed by atoms with Gasteiger partial charge >= 0.3 is 7.12 Å². The van der Waals surface area contributed by atoms with Crippen molar-refractivity contribution in [1.29, 1.82) is 0 Å². The summed E-state index contributed by atoms with van der Waals surface area (Å²) in [5.74, 6) is 0.902. The van der Waals surface area contributed by atoms with E-state index < -0.39 is 0 Å². The lowest BCUT2D eigenvalue weighted by molar-refractivity contribution is 0.00578. The second-order valence-corrected chi connectivity index (χ2v) is 6.36. The molecule has 0 atom stereocenters. The van der Waals surface area contributed by atoms with Crippen LogP contribution in [0.25, 0.3) is 0 Å². The molecule has 1 saturated heterocycles. The van der Waals surface area contributed by atoms with Crippen LogP contribution in [0.15, 0.2) is 24.3 Å². The zero-order valence-electron chi connectivity index (χ0n) is 14.4. The van der Waals surface area contributed by atoms with E-state index in [9.17, 15) is 0 Å². The molecular weight excluding hydrogens is 283 g/mol. The van der Waals surface area contributed by atoms with Gasteiger partial charge in [-0.1, -0.05) is 33.2 Å². The predicted molar refractivity (Wildman–Crippen MR) is 104 cm³/mol. The van der Waals surface area contributed by atoms with Crippen molar-refractivity contribution in [3.05, 3.63) is 24.3 Å². The molecule has 0 saturated carbocycles.